The van der Waals surface area contributed by atoms with Crippen LogP contribution in [0.25, 0.3) is 10.8 Å². The number of hydrogen-bond acceptors (Lipinski definition) is 5. The van der Waals surface area contributed by atoms with E-state index in [2.05, 4.69) is 5.32 Å². The van der Waals surface area contributed by atoms with Crippen molar-refractivity contribution in [3.63, 3.8) is 0 Å². The van der Waals surface area contributed by atoms with Gasteiger partial charge in [0, 0.05) is 6.54 Å². The maximum atomic E-state index is 12.2. The van der Waals surface area contributed by atoms with Crippen LogP contribution in [-0.4, -0.2) is 12.7 Å². The van der Waals surface area contributed by atoms with Crippen LogP contribution in [0.4, 0.5) is 0 Å². The molecule has 3 aromatic rings. The van der Waals surface area contributed by atoms with Gasteiger partial charge in [-0.2, -0.15) is 0 Å². The van der Waals surface area contributed by atoms with Crippen LogP contribution in [0.15, 0.2) is 57.7 Å². The van der Waals surface area contributed by atoms with Crippen LogP contribution in [0.1, 0.15) is 16.1 Å². The number of amides is 1. The van der Waals surface area contributed by atoms with Gasteiger partial charge < -0.3 is 19.2 Å². The van der Waals surface area contributed by atoms with Gasteiger partial charge in [-0.1, -0.05) is 24.3 Å². The number of benzene rings is 2. The molecule has 0 atom stereocenters. The summed E-state index contributed by atoms with van der Waals surface area (Å²) in [7, 11) is 0. The summed E-state index contributed by atoms with van der Waals surface area (Å²) in [5.74, 6) is 0.875. The van der Waals surface area contributed by atoms with Crippen LogP contribution < -0.4 is 20.4 Å². The van der Waals surface area contributed by atoms with Gasteiger partial charge >= 0.3 is 5.63 Å². The Morgan fingerprint density at radius 1 is 1.04 bits per heavy atom. The van der Waals surface area contributed by atoms with Gasteiger partial charge in [0.05, 0.1) is 5.39 Å². The Balaban J connectivity index is 1.53. The molecule has 6 nitrogen and oxygen atoms in total. The third kappa shape index (κ3) is 2.58. The van der Waals surface area contributed by atoms with Crippen molar-refractivity contribution in [1.82, 2.24) is 5.32 Å². The smallest absolute Gasteiger partial charge is 0.344 e. The standard InChI is InChI=1S/C18H13NO5/c20-17(16-8-12-3-1-2-4-13(12)18(21)24-16)19-9-11-5-6-14-15(7-11)23-10-22-14/h1-8H,9-10H2,(H,19,20). The van der Waals surface area contributed by atoms with Gasteiger partial charge in [-0.25, -0.2) is 4.79 Å². The molecule has 0 unspecified atom stereocenters. The molecule has 1 amide bonds. The minimum atomic E-state index is -0.527. The van der Waals surface area contributed by atoms with E-state index >= 15 is 0 Å². The number of carbonyl (C=O) groups excluding carboxylic acids is 1. The topological polar surface area (TPSA) is 77.8 Å². The lowest BCUT2D eigenvalue weighted by Crippen LogP contribution is -2.24. The molecule has 2 aromatic carbocycles. The molecule has 0 saturated heterocycles. The Labute approximate surface area is 136 Å². The number of carbonyl (C=O) groups is 1. The third-order valence-electron chi connectivity index (χ3n) is 3.78. The molecule has 0 spiro atoms. The Morgan fingerprint density at radius 2 is 1.88 bits per heavy atom. The molecule has 0 bridgehead atoms. The number of ether oxygens (including phenoxy) is 2. The van der Waals surface area contributed by atoms with E-state index in [9.17, 15) is 9.59 Å². The van der Waals surface area contributed by atoms with E-state index < -0.39 is 11.5 Å². The highest BCUT2D eigenvalue weighted by Gasteiger charge is 2.15. The van der Waals surface area contributed by atoms with Crippen molar-refractivity contribution >= 4 is 16.7 Å². The van der Waals surface area contributed by atoms with Crippen molar-refractivity contribution in [3.05, 3.63) is 70.3 Å². The Bertz CT molecular complexity index is 992. The Hall–Kier alpha value is -3.28. The average molecular weight is 323 g/mol. The zero-order chi connectivity index (χ0) is 16.5. The van der Waals surface area contributed by atoms with Gasteiger partial charge in [0.15, 0.2) is 17.3 Å². The summed E-state index contributed by atoms with van der Waals surface area (Å²) in [5.41, 5.74) is 0.331. The maximum Gasteiger partial charge on any atom is 0.344 e. The Morgan fingerprint density at radius 3 is 2.79 bits per heavy atom. The second-order valence-corrected chi connectivity index (χ2v) is 5.36. The fraction of sp³-hybridized carbons (Fsp3) is 0.111. The second kappa shape index (κ2) is 5.73. The second-order valence-electron chi connectivity index (χ2n) is 5.36. The normalized spacial score (nSPS) is 12.3. The summed E-state index contributed by atoms with van der Waals surface area (Å²) < 4.78 is 15.6. The molecule has 1 aromatic heterocycles. The lowest BCUT2D eigenvalue weighted by molar-refractivity contribution is 0.0919. The SMILES string of the molecule is O=C(NCc1ccc2c(c1)OCO2)c1cc2ccccc2c(=O)o1. The van der Waals surface area contributed by atoms with Crippen molar-refractivity contribution in [1.29, 1.82) is 0 Å². The molecule has 120 valence electrons. The molecule has 0 fully saturated rings. The minimum absolute atomic E-state index is 0.0144. The molecule has 6 heteroatoms. The number of fused-ring (bicyclic) bond motifs is 2. The van der Waals surface area contributed by atoms with Crippen LogP contribution in [-0.2, 0) is 6.54 Å². The predicted octanol–water partition coefficient (Wildman–Crippen LogP) is 2.45. The quantitative estimate of drug-likeness (QED) is 0.801. The highest BCUT2D eigenvalue weighted by molar-refractivity contribution is 5.95. The molecule has 2 heterocycles. The van der Waals surface area contributed by atoms with E-state index in [0.29, 0.717) is 22.3 Å². The number of hydrogen-bond donors (Lipinski definition) is 1. The molecule has 0 saturated carbocycles. The molecular formula is C18H13NO5. The monoisotopic (exact) mass is 323 g/mol. The van der Waals surface area contributed by atoms with Crippen LogP contribution in [0.3, 0.4) is 0 Å². The van der Waals surface area contributed by atoms with Crippen LogP contribution in [0, 0.1) is 0 Å². The first-order chi connectivity index (χ1) is 11.7. The van der Waals surface area contributed by atoms with Gasteiger partial charge in [-0.15, -0.1) is 0 Å². The van der Waals surface area contributed by atoms with E-state index in [0.717, 1.165) is 5.56 Å². The van der Waals surface area contributed by atoms with Crippen molar-refractivity contribution in [2.24, 2.45) is 0 Å². The molecule has 1 aliphatic heterocycles. The first-order valence-electron chi connectivity index (χ1n) is 7.40. The van der Waals surface area contributed by atoms with Crippen LogP contribution >= 0.6 is 0 Å². The first-order valence-corrected chi connectivity index (χ1v) is 7.40. The molecule has 24 heavy (non-hydrogen) atoms. The third-order valence-corrected chi connectivity index (χ3v) is 3.78. The molecule has 0 aliphatic carbocycles. The Kier molecular flexibility index (Phi) is 3.42. The van der Waals surface area contributed by atoms with E-state index in [-0.39, 0.29) is 19.1 Å². The number of rotatable bonds is 3. The van der Waals surface area contributed by atoms with Crippen molar-refractivity contribution in [2.45, 2.75) is 6.54 Å². The van der Waals surface area contributed by atoms with Gasteiger partial charge in [-0.05, 0) is 35.2 Å². The summed E-state index contributed by atoms with van der Waals surface area (Å²) in [5, 5.41) is 3.85. The van der Waals surface area contributed by atoms with E-state index in [1.165, 1.54) is 0 Å². The van der Waals surface area contributed by atoms with Gasteiger partial charge in [-0.3, -0.25) is 4.79 Å². The van der Waals surface area contributed by atoms with Crippen LogP contribution in [0.5, 0.6) is 11.5 Å². The number of nitrogens with one attached hydrogen (secondary N) is 1. The summed E-state index contributed by atoms with van der Waals surface area (Å²) >= 11 is 0. The fourth-order valence-electron chi connectivity index (χ4n) is 2.57. The van der Waals surface area contributed by atoms with E-state index in [1.807, 2.05) is 6.07 Å². The molecular weight excluding hydrogens is 310 g/mol. The molecule has 1 N–H and O–H groups in total. The summed E-state index contributed by atoms with van der Waals surface area (Å²) in [4.78, 5) is 24.2. The minimum Gasteiger partial charge on any atom is -0.454 e. The largest absolute Gasteiger partial charge is 0.454 e. The van der Waals surface area contributed by atoms with E-state index in [4.69, 9.17) is 13.9 Å². The zero-order valence-corrected chi connectivity index (χ0v) is 12.6. The van der Waals surface area contributed by atoms with Gasteiger partial charge in [0.25, 0.3) is 5.91 Å². The molecule has 4 rings (SSSR count). The van der Waals surface area contributed by atoms with E-state index in [1.54, 1.807) is 42.5 Å². The van der Waals surface area contributed by atoms with Gasteiger partial charge in [0.1, 0.15) is 0 Å². The summed E-state index contributed by atoms with van der Waals surface area (Å²) in [6, 6.07) is 14.0. The zero-order valence-electron chi connectivity index (χ0n) is 12.6. The first kappa shape index (κ1) is 14.3. The summed E-state index contributed by atoms with van der Waals surface area (Å²) in [6.45, 7) is 0.486. The van der Waals surface area contributed by atoms with Crippen molar-refractivity contribution in [2.75, 3.05) is 6.79 Å². The highest BCUT2D eigenvalue weighted by atomic mass is 16.7. The summed E-state index contributed by atoms with van der Waals surface area (Å²) in [6.07, 6.45) is 0. The van der Waals surface area contributed by atoms with Gasteiger partial charge in [0.2, 0.25) is 6.79 Å². The maximum absolute atomic E-state index is 12.2. The van der Waals surface area contributed by atoms with Crippen LogP contribution in [0.2, 0.25) is 0 Å². The van der Waals surface area contributed by atoms with Crippen molar-refractivity contribution in [3.8, 4) is 11.5 Å². The fourth-order valence-corrected chi connectivity index (χ4v) is 2.57. The average Bonchev–Trinajstić information content (AvgIpc) is 3.07. The lowest BCUT2D eigenvalue weighted by atomic mass is 10.1. The highest BCUT2D eigenvalue weighted by Crippen LogP contribution is 2.32. The molecule has 1 aliphatic rings. The predicted molar refractivity (Wildman–Crippen MR) is 86.2 cm³/mol. The molecule has 0 radical (unpaired) electrons. The lowest BCUT2D eigenvalue weighted by Gasteiger charge is -2.06. The van der Waals surface area contributed by atoms with Crippen molar-refractivity contribution < 1.29 is 18.7 Å².